The van der Waals surface area contributed by atoms with Gasteiger partial charge in [0.1, 0.15) is 5.75 Å². The highest BCUT2D eigenvalue weighted by molar-refractivity contribution is 6.05. The van der Waals surface area contributed by atoms with E-state index in [1.54, 1.807) is 7.11 Å². The number of carbonyl (C=O) groups excluding carboxylic acids is 1. The van der Waals surface area contributed by atoms with Gasteiger partial charge in [-0.1, -0.05) is 39.3 Å². The molecule has 3 rings (SSSR count). The minimum Gasteiger partial charge on any atom is -0.495 e. The molecule has 0 unspecified atom stereocenters. The fourth-order valence-corrected chi connectivity index (χ4v) is 3.52. The second-order valence-electron chi connectivity index (χ2n) is 8.16. The van der Waals surface area contributed by atoms with Crippen molar-refractivity contribution in [2.45, 2.75) is 58.3 Å². The van der Waals surface area contributed by atoms with Gasteiger partial charge in [-0.3, -0.25) is 4.79 Å². The third kappa shape index (κ3) is 4.09. The molecule has 3 nitrogen and oxygen atoms in total. The van der Waals surface area contributed by atoms with Crippen molar-refractivity contribution in [3.8, 4) is 5.75 Å². The summed E-state index contributed by atoms with van der Waals surface area (Å²) in [6, 6.07) is 12.0. The summed E-state index contributed by atoms with van der Waals surface area (Å²) in [6.45, 7) is 6.51. The molecule has 3 heteroatoms. The number of rotatable bonds is 3. The van der Waals surface area contributed by atoms with Crippen molar-refractivity contribution in [1.29, 1.82) is 0 Å². The predicted octanol–water partition coefficient (Wildman–Crippen LogP) is 5.51. The first kappa shape index (κ1) is 18.5. The summed E-state index contributed by atoms with van der Waals surface area (Å²) in [5, 5.41) is 3.04. The zero-order valence-electron chi connectivity index (χ0n) is 16.3. The van der Waals surface area contributed by atoms with Gasteiger partial charge < -0.3 is 10.1 Å². The lowest BCUT2D eigenvalue weighted by Crippen LogP contribution is -2.15. The summed E-state index contributed by atoms with van der Waals surface area (Å²) in [5.74, 6) is 0.641. The van der Waals surface area contributed by atoms with Crippen LogP contribution >= 0.6 is 0 Å². The fourth-order valence-electron chi connectivity index (χ4n) is 3.52. The second kappa shape index (κ2) is 7.53. The smallest absolute Gasteiger partial charge is 0.255 e. The Bertz CT molecular complexity index is 785. The van der Waals surface area contributed by atoms with E-state index in [1.807, 2.05) is 24.3 Å². The van der Waals surface area contributed by atoms with E-state index in [0.717, 1.165) is 24.3 Å². The number of carbonyl (C=O) groups is 1. The molecule has 1 aliphatic rings. The van der Waals surface area contributed by atoms with E-state index in [4.69, 9.17) is 4.74 Å². The maximum atomic E-state index is 12.7. The maximum Gasteiger partial charge on any atom is 0.255 e. The normalized spacial score (nSPS) is 14.3. The Morgan fingerprint density at radius 1 is 0.962 bits per heavy atom. The number of fused-ring (bicyclic) bond motifs is 1. The van der Waals surface area contributed by atoms with Crippen LogP contribution in [0.1, 0.15) is 67.1 Å². The average Bonchev–Trinajstić information content (AvgIpc) is 2.85. The quantitative estimate of drug-likeness (QED) is 0.740. The van der Waals surface area contributed by atoms with Crippen molar-refractivity contribution in [3.05, 3.63) is 58.7 Å². The molecule has 2 aromatic carbocycles. The Kier molecular flexibility index (Phi) is 5.36. The molecule has 138 valence electrons. The van der Waals surface area contributed by atoms with E-state index >= 15 is 0 Å². The number of anilines is 1. The highest BCUT2D eigenvalue weighted by atomic mass is 16.5. The van der Waals surface area contributed by atoms with Gasteiger partial charge in [-0.2, -0.15) is 0 Å². The van der Waals surface area contributed by atoms with Gasteiger partial charge in [-0.25, -0.2) is 0 Å². The summed E-state index contributed by atoms with van der Waals surface area (Å²) >= 11 is 0. The van der Waals surface area contributed by atoms with Crippen LogP contribution in [0.3, 0.4) is 0 Å². The van der Waals surface area contributed by atoms with Crippen LogP contribution in [-0.4, -0.2) is 13.0 Å². The number of hydrogen-bond acceptors (Lipinski definition) is 2. The molecular formula is C23H29NO2. The molecule has 0 saturated heterocycles. The molecule has 0 radical (unpaired) electrons. The van der Waals surface area contributed by atoms with E-state index in [1.165, 1.54) is 36.0 Å². The van der Waals surface area contributed by atoms with Gasteiger partial charge in [0.15, 0.2) is 0 Å². The van der Waals surface area contributed by atoms with Crippen LogP contribution in [0.2, 0.25) is 0 Å². The van der Waals surface area contributed by atoms with Crippen molar-refractivity contribution in [2.75, 3.05) is 12.4 Å². The molecule has 0 aliphatic heterocycles. The Balaban J connectivity index is 1.83. The molecule has 0 bridgehead atoms. The molecule has 1 amide bonds. The topological polar surface area (TPSA) is 38.3 Å². The molecular weight excluding hydrogens is 322 g/mol. The maximum absolute atomic E-state index is 12.7. The summed E-state index contributed by atoms with van der Waals surface area (Å²) < 4.78 is 5.54. The van der Waals surface area contributed by atoms with Crippen molar-refractivity contribution < 1.29 is 9.53 Å². The van der Waals surface area contributed by atoms with E-state index in [2.05, 4.69) is 38.2 Å². The van der Waals surface area contributed by atoms with E-state index in [0.29, 0.717) is 5.56 Å². The Labute approximate surface area is 156 Å². The molecule has 0 fully saturated rings. The molecule has 26 heavy (non-hydrogen) atoms. The molecule has 0 saturated carbocycles. The minimum atomic E-state index is -0.0997. The monoisotopic (exact) mass is 351 g/mol. The van der Waals surface area contributed by atoms with Crippen LogP contribution in [0.4, 0.5) is 5.69 Å². The first-order valence-electron chi connectivity index (χ1n) is 9.50. The van der Waals surface area contributed by atoms with Crippen molar-refractivity contribution in [2.24, 2.45) is 0 Å². The van der Waals surface area contributed by atoms with Crippen molar-refractivity contribution in [1.82, 2.24) is 0 Å². The van der Waals surface area contributed by atoms with Crippen LogP contribution in [0, 0.1) is 0 Å². The highest BCUT2D eigenvalue weighted by Gasteiger charge is 2.17. The average molecular weight is 351 g/mol. The summed E-state index contributed by atoms with van der Waals surface area (Å²) in [7, 11) is 1.66. The molecule has 0 heterocycles. The number of amides is 1. The van der Waals surface area contributed by atoms with E-state index < -0.39 is 0 Å². The molecule has 0 spiro atoms. The molecule has 2 aromatic rings. The van der Waals surface area contributed by atoms with E-state index in [9.17, 15) is 4.79 Å². The van der Waals surface area contributed by atoms with Crippen LogP contribution in [0.5, 0.6) is 5.75 Å². The summed E-state index contributed by atoms with van der Waals surface area (Å²) in [4.78, 5) is 12.7. The molecule has 1 aliphatic carbocycles. The largest absolute Gasteiger partial charge is 0.495 e. The zero-order chi connectivity index (χ0) is 18.7. The summed E-state index contributed by atoms with van der Waals surface area (Å²) in [6.07, 6.45) is 5.86. The lowest BCUT2D eigenvalue weighted by Gasteiger charge is -2.19. The standard InChI is InChI=1S/C23H29NO2/c1-23(2,3)19-12-10-16(11-13-19)22(25)24-20-14-17-8-6-5-7-9-18(17)15-21(20)26-4/h10-15H,5-9H2,1-4H3,(H,24,25). The lowest BCUT2D eigenvalue weighted by atomic mass is 9.86. The third-order valence-electron chi connectivity index (χ3n) is 5.18. The van der Waals surface area contributed by atoms with Crippen molar-refractivity contribution in [3.63, 3.8) is 0 Å². The van der Waals surface area contributed by atoms with Crippen molar-refractivity contribution >= 4 is 11.6 Å². The van der Waals surface area contributed by atoms with E-state index in [-0.39, 0.29) is 11.3 Å². The number of aryl methyl sites for hydroxylation is 2. The van der Waals surface area contributed by atoms with Crippen LogP contribution < -0.4 is 10.1 Å². The number of nitrogens with one attached hydrogen (secondary N) is 1. The molecule has 1 N–H and O–H groups in total. The zero-order valence-corrected chi connectivity index (χ0v) is 16.3. The number of ether oxygens (including phenoxy) is 1. The first-order valence-corrected chi connectivity index (χ1v) is 9.50. The predicted molar refractivity (Wildman–Crippen MR) is 107 cm³/mol. The lowest BCUT2D eigenvalue weighted by molar-refractivity contribution is 0.102. The summed E-state index contributed by atoms with van der Waals surface area (Å²) in [5.41, 5.74) is 5.41. The second-order valence-corrected chi connectivity index (χ2v) is 8.16. The van der Waals surface area contributed by atoms with Crippen LogP contribution in [0.15, 0.2) is 36.4 Å². The van der Waals surface area contributed by atoms with Crippen LogP contribution in [-0.2, 0) is 18.3 Å². The molecule has 0 aromatic heterocycles. The number of hydrogen-bond donors (Lipinski definition) is 1. The fraction of sp³-hybridized carbons (Fsp3) is 0.435. The van der Waals surface area contributed by atoms with Gasteiger partial charge in [-0.05, 0) is 72.1 Å². The van der Waals surface area contributed by atoms with Gasteiger partial charge in [-0.15, -0.1) is 0 Å². The Morgan fingerprint density at radius 3 is 2.15 bits per heavy atom. The first-order chi connectivity index (χ1) is 12.4. The van der Waals surface area contributed by atoms with Gasteiger partial charge >= 0.3 is 0 Å². The van der Waals surface area contributed by atoms with Gasteiger partial charge in [0.05, 0.1) is 12.8 Å². The van der Waals surface area contributed by atoms with Crippen LogP contribution in [0.25, 0.3) is 0 Å². The number of benzene rings is 2. The highest BCUT2D eigenvalue weighted by Crippen LogP contribution is 2.32. The Morgan fingerprint density at radius 2 is 1.58 bits per heavy atom. The SMILES string of the molecule is COc1cc2c(cc1NC(=O)c1ccc(C(C)(C)C)cc1)CCCCC2. The minimum absolute atomic E-state index is 0.0786. The Hall–Kier alpha value is -2.29. The molecule has 0 atom stereocenters. The van der Waals surface area contributed by atoms with Gasteiger partial charge in [0, 0.05) is 5.56 Å². The number of methoxy groups -OCH3 is 1. The third-order valence-corrected chi connectivity index (χ3v) is 5.18. The van der Waals surface area contributed by atoms with Gasteiger partial charge in [0.2, 0.25) is 0 Å². The van der Waals surface area contributed by atoms with Gasteiger partial charge in [0.25, 0.3) is 5.91 Å².